The summed E-state index contributed by atoms with van der Waals surface area (Å²) < 4.78 is 0. The summed E-state index contributed by atoms with van der Waals surface area (Å²) in [6, 6.07) is 15.4. The molecule has 1 amide bonds. The van der Waals surface area contributed by atoms with Crippen molar-refractivity contribution in [2.75, 3.05) is 0 Å². The monoisotopic (exact) mass is 385 g/mol. The van der Waals surface area contributed by atoms with Gasteiger partial charge in [-0.15, -0.1) is 5.10 Å². The van der Waals surface area contributed by atoms with Crippen molar-refractivity contribution in [3.05, 3.63) is 70.2 Å². The topological polar surface area (TPSA) is 45.0 Å². The second kappa shape index (κ2) is 8.52. The summed E-state index contributed by atoms with van der Waals surface area (Å²) in [5.41, 5.74) is 3.19. The van der Waals surface area contributed by atoms with Crippen molar-refractivity contribution in [2.24, 2.45) is 10.2 Å². The SMILES string of the molecule is CCC1S/C(=N\N=C\c2ccc(Cl)cc2)N(Cc2ccccc2C)C1=O. The molecule has 2 aromatic carbocycles. The average molecular weight is 386 g/mol. The molecule has 1 aliphatic rings. The van der Waals surface area contributed by atoms with E-state index >= 15 is 0 Å². The molecule has 1 fully saturated rings. The fourth-order valence-corrected chi connectivity index (χ4v) is 3.79. The first kappa shape index (κ1) is 18.7. The lowest BCUT2D eigenvalue weighted by atomic mass is 10.1. The minimum Gasteiger partial charge on any atom is -0.284 e. The van der Waals surface area contributed by atoms with E-state index in [1.54, 1.807) is 11.1 Å². The number of thioether (sulfide) groups is 1. The minimum absolute atomic E-state index is 0.0940. The van der Waals surface area contributed by atoms with E-state index in [4.69, 9.17) is 11.6 Å². The van der Waals surface area contributed by atoms with Gasteiger partial charge >= 0.3 is 0 Å². The van der Waals surface area contributed by atoms with Crippen LogP contribution in [0.2, 0.25) is 5.02 Å². The summed E-state index contributed by atoms with van der Waals surface area (Å²) in [5.74, 6) is 0.0983. The second-order valence-corrected chi connectivity index (χ2v) is 7.65. The van der Waals surface area contributed by atoms with Crippen molar-refractivity contribution in [1.82, 2.24) is 4.90 Å². The fourth-order valence-electron chi connectivity index (χ4n) is 2.64. The highest BCUT2D eigenvalue weighted by Gasteiger charge is 2.37. The Labute approximate surface area is 163 Å². The van der Waals surface area contributed by atoms with Gasteiger partial charge in [0.15, 0.2) is 5.17 Å². The molecule has 0 aromatic heterocycles. The maximum absolute atomic E-state index is 12.7. The smallest absolute Gasteiger partial charge is 0.242 e. The number of carbonyl (C=O) groups is 1. The van der Waals surface area contributed by atoms with Gasteiger partial charge in [0.2, 0.25) is 5.91 Å². The Morgan fingerprint density at radius 2 is 1.92 bits per heavy atom. The molecule has 0 N–H and O–H groups in total. The van der Waals surface area contributed by atoms with Crippen LogP contribution in [-0.2, 0) is 11.3 Å². The number of amides is 1. The van der Waals surface area contributed by atoms with Crippen LogP contribution in [0, 0.1) is 6.92 Å². The van der Waals surface area contributed by atoms with Crippen LogP contribution in [0.5, 0.6) is 0 Å². The normalized spacial score (nSPS) is 19.0. The molecule has 1 atom stereocenters. The lowest BCUT2D eigenvalue weighted by Crippen LogP contribution is -2.31. The zero-order valence-corrected chi connectivity index (χ0v) is 16.3. The van der Waals surface area contributed by atoms with Gasteiger partial charge in [0.1, 0.15) is 0 Å². The molecule has 0 bridgehead atoms. The van der Waals surface area contributed by atoms with Gasteiger partial charge in [0.25, 0.3) is 0 Å². The Kier molecular flexibility index (Phi) is 6.12. The Morgan fingerprint density at radius 1 is 1.19 bits per heavy atom. The summed E-state index contributed by atoms with van der Waals surface area (Å²) in [7, 11) is 0. The van der Waals surface area contributed by atoms with Gasteiger partial charge in [-0.3, -0.25) is 9.69 Å². The van der Waals surface area contributed by atoms with Gasteiger partial charge in [-0.2, -0.15) is 5.10 Å². The number of aryl methyl sites for hydroxylation is 1. The molecule has 2 aromatic rings. The van der Waals surface area contributed by atoms with E-state index in [9.17, 15) is 4.79 Å². The van der Waals surface area contributed by atoms with Gasteiger partial charge in [-0.25, -0.2) is 0 Å². The van der Waals surface area contributed by atoms with E-state index in [2.05, 4.69) is 23.2 Å². The first-order valence-corrected chi connectivity index (χ1v) is 9.73. The van der Waals surface area contributed by atoms with Crippen LogP contribution in [0.3, 0.4) is 0 Å². The highest BCUT2D eigenvalue weighted by atomic mass is 35.5. The molecule has 4 nitrogen and oxygen atoms in total. The third-order valence-corrected chi connectivity index (χ3v) is 5.78. The van der Waals surface area contributed by atoms with Crippen LogP contribution in [-0.4, -0.2) is 27.4 Å². The van der Waals surface area contributed by atoms with Gasteiger partial charge < -0.3 is 0 Å². The number of carbonyl (C=O) groups excluding carboxylic acids is 1. The first-order chi connectivity index (χ1) is 12.6. The highest BCUT2D eigenvalue weighted by Crippen LogP contribution is 2.31. The highest BCUT2D eigenvalue weighted by molar-refractivity contribution is 8.15. The summed E-state index contributed by atoms with van der Waals surface area (Å²) in [6.45, 7) is 4.58. The molecule has 26 heavy (non-hydrogen) atoms. The van der Waals surface area contributed by atoms with Crippen LogP contribution in [0.15, 0.2) is 58.7 Å². The number of hydrogen-bond donors (Lipinski definition) is 0. The van der Waals surface area contributed by atoms with Crippen LogP contribution in [0.4, 0.5) is 0 Å². The summed E-state index contributed by atoms with van der Waals surface area (Å²) >= 11 is 7.37. The third-order valence-electron chi connectivity index (χ3n) is 4.20. The molecule has 134 valence electrons. The summed E-state index contributed by atoms with van der Waals surface area (Å²) in [5, 5.41) is 9.73. The molecule has 1 heterocycles. The van der Waals surface area contributed by atoms with Gasteiger partial charge in [-0.1, -0.05) is 66.7 Å². The lowest BCUT2D eigenvalue weighted by molar-refractivity contribution is -0.126. The predicted molar refractivity (Wildman–Crippen MR) is 110 cm³/mol. The van der Waals surface area contributed by atoms with E-state index in [0.29, 0.717) is 16.7 Å². The van der Waals surface area contributed by atoms with Gasteiger partial charge in [-0.05, 0) is 42.2 Å². The van der Waals surface area contributed by atoms with Crippen LogP contribution in [0.1, 0.15) is 30.0 Å². The lowest BCUT2D eigenvalue weighted by Gasteiger charge is -2.17. The van der Waals surface area contributed by atoms with Crippen molar-refractivity contribution in [3.63, 3.8) is 0 Å². The molecule has 0 saturated carbocycles. The molecule has 0 radical (unpaired) electrons. The van der Waals surface area contributed by atoms with Crippen LogP contribution >= 0.6 is 23.4 Å². The molecule has 0 aliphatic carbocycles. The number of rotatable bonds is 5. The van der Waals surface area contributed by atoms with Crippen LogP contribution < -0.4 is 0 Å². The number of nitrogens with zero attached hydrogens (tertiary/aromatic N) is 3. The minimum atomic E-state index is -0.0940. The van der Waals surface area contributed by atoms with Crippen LogP contribution in [0.25, 0.3) is 0 Å². The maximum Gasteiger partial charge on any atom is 0.242 e. The Morgan fingerprint density at radius 3 is 2.62 bits per heavy atom. The molecular weight excluding hydrogens is 366 g/mol. The Bertz CT molecular complexity index is 848. The molecule has 6 heteroatoms. The van der Waals surface area contributed by atoms with Crippen molar-refractivity contribution in [1.29, 1.82) is 0 Å². The molecule has 0 spiro atoms. The van der Waals surface area contributed by atoms with E-state index in [1.807, 2.05) is 49.4 Å². The molecule has 1 aliphatic heterocycles. The number of halogens is 1. The standard InChI is InChI=1S/C20H20ClN3OS/c1-3-18-19(25)24(13-16-7-5-4-6-14(16)2)20(26-18)23-22-12-15-8-10-17(21)11-9-15/h4-12,18H,3,13H2,1-2H3/b22-12+,23-20-. The Hall–Kier alpha value is -2.11. The quantitative estimate of drug-likeness (QED) is 0.543. The van der Waals surface area contributed by atoms with Crippen molar-refractivity contribution < 1.29 is 4.79 Å². The fraction of sp³-hybridized carbons (Fsp3) is 0.250. The summed E-state index contributed by atoms with van der Waals surface area (Å²) in [6.07, 6.45) is 2.44. The number of amidine groups is 1. The van der Waals surface area contributed by atoms with E-state index < -0.39 is 0 Å². The first-order valence-electron chi connectivity index (χ1n) is 8.47. The predicted octanol–water partition coefficient (Wildman–Crippen LogP) is 4.89. The van der Waals surface area contributed by atoms with E-state index in [1.165, 1.54) is 11.8 Å². The molecule has 3 rings (SSSR count). The van der Waals surface area contributed by atoms with Crippen molar-refractivity contribution in [2.45, 2.75) is 32.1 Å². The zero-order valence-electron chi connectivity index (χ0n) is 14.7. The van der Waals surface area contributed by atoms with Crippen molar-refractivity contribution >= 4 is 40.7 Å². The second-order valence-electron chi connectivity index (χ2n) is 6.04. The van der Waals surface area contributed by atoms with Gasteiger partial charge in [0.05, 0.1) is 18.0 Å². The number of hydrogen-bond acceptors (Lipinski definition) is 4. The van der Waals surface area contributed by atoms with Gasteiger partial charge in [0, 0.05) is 5.02 Å². The van der Waals surface area contributed by atoms with Crippen molar-refractivity contribution in [3.8, 4) is 0 Å². The molecule has 1 unspecified atom stereocenters. The number of benzene rings is 2. The Balaban J connectivity index is 1.81. The third kappa shape index (κ3) is 4.34. The average Bonchev–Trinajstić information content (AvgIpc) is 2.94. The van der Waals surface area contributed by atoms with E-state index in [-0.39, 0.29) is 11.2 Å². The summed E-state index contributed by atoms with van der Waals surface area (Å²) in [4.78, 5) is 14.4. The molecular formula is C20H20ClN3OS. The molecule has 1 saturated heterocycles. The van der Waals surface area contributed by atoms with E-state index in [0.717, 1.165) is 23.1 Å². The largest absolute Gasteiger partial charge is 0.284 e. The maximum atomic E-state index is 12.7. The zero-order chi connectivity index (χ0) is 18.5.